The summed E-state index contributed by atoms with van der Waals surface area (Å²) in [4.78, 5) is 13.9. The number of carbonyl (C=O) groups excluding carboxylic acids is 1. The molecular formula is C15H23NO2. The zero-order valence-corrected chi connectivity index (χ0v) is 11.7. The number of carbonyl (C=O) groups is 1. The van der Waals surface area contributed by atoms with Crippen molar-refractivity contribution in [2.24, 2.45) is 0 Å². The van der Waals surface area contributed by atoms with Gasteiger partial charge in [0.15, 0.2) is 6.61 Å². The van der Waals surface area contributed by atoms with E-state index in [1.54, 1.807) is 6.08 Å². The number of nitrogens with zero attached hydrogens (tertiary/aromatic N) is 1. The number of hydrogen-bond acceptors (Lipinski definition) is 2. The first-order valence-electron chi connectivity index (χ1n) is 6.42. The second-order valence-electron chi connectivity index (χ2n) is 4.70. The molecule has 1 aliphatic rings. The number of amides is 1. The first kappa shape index (κ1) is 14.6. The van der Waals surface area contributed by atoms with Gasteiger partial charge in [-0.1, -0.05) is 19.2 Å². The molecule has 0 aromatic rings. The average molecular weight is 249 g/mol. The molecule has 0 aromatic carbocycles. The van der Waals surface area contributed by atoms with Crippen LogP contribution in [0.3, 0.4) is 0 Å². The Morgan fingerprint density at radius 3 is 2.44 bits per heavy atom. The zero-order chi connectivity index (χ0) is 13.7. The van der Waals surface area contributed by atoms with Crippen LogP contribution < -0.4 is 0 Å². The van der Waals surface area contributed by atoms with E-state index in [-0.39, 0.29) is 12.5 Å². The number of likely N-dealkylation sites (N-methyl/N-ethyl adjacent to an activating group) is 1. The Balaban J connectivity index is 2.59. The highest BCUT2D eigenvalue weighted by Gasteiger charge is 2.31. The molecule has 100 valence electrons. The molecule has 0 atom stereocenters. The van der Waals surface area contributed by atoms with Crippen molar-refractivity contribution in [3.8, 4) is 0 Å². The molecule has 1 amide bonds. The Morgan fingerprint density at radius 1 is 1.44 bits per heavy atom. The van der Waals surface area contributed by atoms with Crippen LogP contribution in [0.15, 0.2) is 36.1 Å². The van der Waals surface area contributed by atoms with Gasteiger partial charge in [0.1, 0.15) is 5.76 Å². The first-order valence-corrected chi connectivity index (χ1v) is 6.42. The highest BCUT2D eigenvalue weighted by Crippen LogP contribution is 2.26. The van der Waals surface area contributed by atoms with Crippen molar-refractivity contribution >= 4 is 5.91 Å². The summed E-state index contributed by atoms with van der Waals surface area (Å²) >= 11 is 0. The van der Waals surface area contributed by atoms with Crippen LogP contribution in [0.2, 0.25) is 0 Å². The first-order chi connectivity index (χ1) is 8.51. The summed E-state index contributed by atoms with van der Waals surface area (Å²) in [5.74, 6) is 0.723. The zero-order valence-electron chi connectivity index (χ0n) is 11.7. The third kappa shape index (κ3) is 3.76. The van der Waals surface area contributed by atoms with Crippen molar-refractivity contribution < 1.29 is 9.53 Å². The third-order valence-corrected chi connectivity index (χ3v) is 3.04. The van der Waals surface area contributed by atoms with E-state index in [9.17, 15) is 4.79 Å². The molecule has 1 fully saturated rings. The van der Waals surface area contributed by atoms with E-state index >= 15 is 0 Å². The van der Waals surface area contributed by atoms with E-state index in [4.69, 9.17) is 4.74 Å². The molecule has 0 saturated heterocycles. The monoisotopic (exact) mass is 249 g/mol. The van der Waals surface area contributed by atoms with Crippen LogP contribution in [0, 0.1) is 0 Å². The highest BCUT2D eigenvalue weighted by atomic mass is 16.5. The molecule has 0 aromatic heterocycles. The molecule has 0 N–H and O–H groups in total. The summed E-state index contributed by atoms with van der Waals surface area (Å²) in [5.41, 5.74) is 1.72. The lowest BCUT2D eigenvalue weighted by atomic mass is 10.1. The van der Waals surface area contributed by atoms with Crippen LogP contribution in [-0.4, -0.2) is 30.0 Å². The maximum absolute atomic E-state index is 12.0. The molecule has 0 unspecified atom stereocenters. The Labute approximate surface area is 110 Å². The lowest BCUT2D eigenvalue weighted by Gasteiger charge is -2.21. The number of hydrogen-bond donors (Lipinski definition) is 0. The molecule has 0 heterocycles. The fourth-order valence-corrected chi connectivity index (χ4v) is 1.91. The van der Waals surface area contributed by atoms with Gasteiger partial charge in [-0.3, -0.25) is 4.79 Å². The van der Waals surface area contributed by atoms with Crippen molar-refractivity contribution in [1.82, 2.24) is 4.90 Å². The van der Waals surface area contributed by atoms with E-state index in [0.29, 0.717) is 11.8 Å². The van der Waals surface area contributed by atoms with Gasteiger partial charge in [-0.15, -0.1) is 0 Å². The van der Waals surface area contributed by atoms with E-state index in [0.717, 1.165) is 30.5 Å². The van der Waals surface area contributed by atoms with Crippen molar-refractivity contribution in [1.29, 1.82) is 0 Å². The highest BCUT2D eigenvalue weighted by molar-refractivity contribution is 5.78. The lowest BCUT2D eigenvalue weighted by Crippen LogP contribution is -2.35. The van der Waals surface area contributed by atoms with Gasteiger partial charge in [0.05, 0.1) is 0 Å². The van der Waals surface area contributed by atoms with Gasteiger partial charge in [0, 0.05) is 12.6 Å². The SMILES string of the molecule is C=C/C(C)=C(/OCC(=O)N(CC)C1CC1)C(=C)C. The van der Waals surface area contributed by atoms with Gasteiger partial charge < -0.3 is 9.64 Å². The van der Waals surface area contributed by atoms with E-state index < -0.39 is 0 Å². The summed E-state index contributed by atoms with van der Waals surface area (Å²) in [7, 11) is 0. The van der Waals surface area contributed by atoms with E-state index in [1.807, 2.05) is 25.7 Å². The van der Waals surface area contributed by atoms with Crippen LogP contribution >= 0.6 is 0 Å². The van der Waals surface area contributed by atoms with Gasteiger partial charge in [0.2, 0.25) is 0 Å². The Kier molecular flexibility index (Phi) is 5.20. The standard InChI is InChI=1S/C15H23NO2/c1-6-12(5)15(11(3)4)18-10-14(17)16(7-2)13-8-9-13/h6,13H,1,3,7-10H2,2,4-5H3/b15-12+. The van der Waals surface area contributed by atoms with E-state index in [1.165, 1.54) is 0 Å². The van der Waals surface area contributed by atoms with Gasteiger partial charge in [-0.2, -0.15) is 0 Å². The van der Waals surface area contributed by atoms with Crippen LogP contribution in [0.5, 0.6) is 0 Å². The maximum atomic E-state index is 12.0. The van der Waals surface area contributed by atoms with Crippen molar-refractivity contribution in [2.45, 2.75) is 39.7 Å². The van der Waals surface area contributed by atoms with Crippen molar-refractivity contribution in [3.05, 3.63) is 36.1 Å². The second kappa shape index (κ2) is 6.43. The smallest absolute Gasteiger partial charge is 0.260 e. The molecule has 18 heavy (non-hydrogen) atoms. The Morgan fingerprint density at radius 2 is 2.06 bits per heavy atom. The van der Waals surface area contributed by atoms with Gasteiger partial charge in [0.25, 0.3) is 5.91 Å². The predicted molar refractivity (Wildman–Crippen MR) is 74.1 cm³/mol. The summed E-state index contributed by atoms with van der Waals surface area (Å²) < 4.78 is 5.60. The summed E-state index contributed by atoms with van der Waals surface area (Å²) in [6.45, 7) is 14.2. The summed E-state index contributed by atoms with van der Waals surface area (Å²) in [6.07, 6.45) is 3.95. The molecule has 1 aliphatic carbocycles. The predicted octanol–water partition coefficient (Wildman–Crippen LogP) is 3.05. The molecule has 0 spiro atoms. The Bertz CT molecular complexity index is 378. The van der Waals surface area contributed by atoms with Crippen molar-refractivity contribution in [3.63, 3.8) is 0 Å². The molecule has 0 bridgehead atoms. The quantitative estimate of drug-likeness (QED) is 0.512. The topological polar surface area (TPSA) is 29.5 Å². The second-order valence-corrected chi connectivity index (χ2v) is 4.70. The third-order valence-electron chi connectivity index (χ3n) is 3.04. The van der Waals surface area contributed by atoms with Gasteiger partial charge >= 0.3 is 0 Å². The molecule has 3 heteroatoms. The lowest BCUT2D eigenvalue weighted by molar-refractivity contribution is -0.135. The van der Waals surface area contributed by atoms with Crippen LogP contribution in [0.25, 0.3) is 0 Å². The molecule has 0 aliphatic heterocycles. The van der Waals surface area contributed by atoms with Crippen LogP contribution in [0.4, 0.5) is 0 Å². The fraction of sp³-hybridized carbons (Fsp3) is 0.533. The minimum Gasteiger partial charge on any atom is -0.483 e. The summed E-state index contributed by atoms with van der Waals surface area (Å²) in [5, 5.41) is 0. The van der Waals surface area contributed by atoms with Gasteiger partial charge in [-0.05, 0) is 44.8 Å². The van der Waals surface area contributed by atoms with Gasteiger partial charge in [-0.25, -0.2) is 0 Å². The Hall–Kier alpha value is -1.51. The molecular weight excluding hydrogens is 226 g/mol. The van der Waals surface area contributed by atoms with Crippen LogP contribution in [0.1, 0.15) is 33.6 Å². The van der Waals surface area contributed by atoms with E-state index in [2.05, 4.69) is 13.2 Å². The minimum absolute atomic E-state index is 0.0515. The number of rotatable bonds is 7. The molecule has 0 radical (unpaired) electrons. The molecule has 1 rings (SSSR count). The number of allylic oxidation sites excluding steroid dienone is 3. The van der Waals surface area contributed by atoms with Crippen molar-refractivity contribution in [2.75, 3.05) is 13.2 Å². The average Bonchev–Trinajstić information content (AvgIpc) is 3.13. The number of ether oxygens (including phenoxy) is 1. The molecule has 1 saturated carbocycles. The normalized spacial score (nSPS) is 15.7. The largest absolute Gasteiger partial charge is 0.483 e. The maximum Gasteiger partial charge on any atom is 0.260 e. The summed E-state index contributed by atoms with van der Waals surface area (Å²) in [6, 6.07) is 0.434. The van der Waals surface area contributed by atoms with Crippen LogP contribution in [-0.2, 0) is 9.53 Å². The molecule has 3 nitrogen and oxygen atoms in total. The minimum atomic E-state index is 0.0515. The fourth-order valence-electron chi connectivity index (χ4n) is 1.91.